The number of allylic oxidation sites excluding steroid dienone is 2. The summed E-state index contributed by atoms with van der Waals surface area (Å²) in [4.78, 5) is 24.0. The van der Waals surface area contributed by atoms with Gasteiger partial charge in [-0.05, 0) is 98.4 Å². The minimum Gasteiger partial charge on any atom is -0.442 e. The second-order valence-corrected chi connectivity index (χ2v) is 12.5. The Morgan fingerprint density at radius 1 is 1.19 bits per heavy atom. The minimum absolute atomic E-state index is 0.0522. The van der Waals surface area contributed by atoms with Gasteiger partial charge < -0.3 is 19.9 Å². The highest BCUT2D eigenvalue weighted by molar-refractivity contribution is 5.82. The number of rotatable bonds is 8. The molecule has 4 rings (SSSR count). The van der Waals surface area contributed by atoms with E-state index in [2.05, 4.69) is 45.7 Å². The van der Waals surface area contributed by atoms with Crippen LogP contribution in [0.5, 0.6) is 0 Å². The van der Waals surface area contributed by atoms with Gasteiger partial charge in [0, 0.05) is 12.6 Å². The molecule has 206 valence electrons. The molecule has 0 aromatic heterocycles. The number of alkyl carbamates (subject to hydrolysis) is 1. The van der Waals surface area contributed by atoms with Crippen LogP contribution in [0.4, 0.5) is 4.79 Å². The summed E-state index contributed by atoms with van der Waals surface area (Å²) in [7, 11) is 0. The lowest BCUT2D eigenvalue weighted by atomic mass is 9.45. The van der Waals surface area contributed by atoms with E-state index < -0.39 is 11.6 Å². The van der Waals surface area contributed by atoms with Crippen LogP contribution in [-0.2, 0) is 14.3 Å². The lowest BCUT2D eigenvalue weighted by Gasteiger charge is -2.62. The van der Waals surface area contributed by atoms with Gasteiger partial charge in [0.05, 0.1) is 11.9 Å². The normalized spacial score (nSPS) is 39.5. The molecule has 0 spiro atoms. The van der Waals surface area contributed by atoms with Gasteiger partial charge in [0.15, 0.2) is 0 Å². The van der Waals surface area contributed by atoms with Crippen molar-refractivity contribution in [2.45, 2.75) is 104 Å². The van der Waals surface area contributed by atoms with Gasteiger partial charge in [0.2, 0.25) is 0 Å². The van der Waals surface area contributed by atoms with Crippen LogP contribution in [-0.4, -0.2) is 35.4 Å². The number of esters is 1. The summed E-state index contributed by atoms with van der Waals surface area (Å²) in [5.41, 5.74) is 0.613. The van der Waals surface area contributed by atoms with Gasteiger partial charge in [-0.3, -0.25) is 0 Å². The monoisotopic (exact) mass is 513 g/mol. The maximum Gasteiger partial charge on any atom is 0.407 e. The lowest BCUT2D eigenvalue weighted by molar-refractivity contribution is -0.186. The number of carbonyl (C=O) groups is 2. The van der Waals surface area contributed by atoms with Gasteiger partial charge >= 0.3 is 12.1 Å². The van der Waals surface area contributed by atoms with Gasteiger partial charge in [0.25, 0.3) is 0 Å². The van der Waals surface area contributed by atoms with E-state index in [1.54, 1.807) is 0 Å². The average Bonchev–Trinajstić information content (AvgIpc) is 3.14. The third kappa shape index (κ3) is 5.03. The second kappa shape index (κ2) is 11.0. The van der Waals surface area contributed by atoms with Crippen LogP contribution in [0.2, 0.25) is 0 Å². The van der Waals surface area contributed by atoms with E-state index in [-0.39, 0.29) is 34.9 Å². The van der Waals surface area contributed by atoms with Crippen molar-refractivity contribution in [1.82, 2.24) is 5.32 Å². The topological polar surface area (TPSA) is 84.9 Å². The molecule has 0 saturated heterocycles. The molecule has 0 aromatic rings. The number of ether oxygens (including phenoxy) is 2. The molecule has 0 radical (unpaired) electrons. The maximum atomic E-state index is 12.4. The van der Waals surface area contributed by atoms with Crippen LogP contribution in [0, 0.1) is 34.5 Å². The molecule has 1 amide bonds. The molecule has 2 N–H and O–H groups in total. The van der Waals surface area contributed by atoms with Gasteiger partial charge in [-0.1, -0.05) is 52.3 Å². The Balaban J connectivity index is 1.47. The molecule has 8 atom stereocenters. The first-order chi connectivity index (χ1) is 17.6. The molecule has 0 aliphatic heterocycles. The quantitative estimate of drug-likeness (QED) is 0.128. The molecular weight excluding hydrogens is 466 g/mol. The standard InChI is InChI=1S/C31H47NO5/c1-6-8-19-32-28(34)37-23-13-16-29(4)22(20-23)10-11-26-25(29)14-17-30(5)24(15-18-31(26,30)35)21(3)9-12-27(33)36-7-2/h7,9,12,20-21,23-26,35H,2,6,8,10-11,13-19H2,1,3-5H3,(H,32,34)/b12-9-/t21-,23?,24+,25?,26?,29-,30+,31-/m0/s1. The summed E-state index contributed by atoms with van der Waals surface area (Å²) in [6.07, 6.45) is 16.0. The molecular formula is C31H47NO5. The number of hydrogen-bond donors (Lipinski definition) is 2. The van der Waals surface area contributed by atoms with Crippen molar-refractivity contribution >= 4 is 12.1 Å². The number of fused-ring (bicyclic) bond motifs is 5. The first-order valence-electron chi connectivity index (χ1n) is 14.5. The molecule has 3 unspecified atom stereocenters. The largest absolute Gasteiger partial charge is 0.442 e. The summed E-state index contributed by atoms with van der Waals surface area (Å²) in [6.45, 7) is 13.1. The van der Waals surface area contributed by atoms with Crippen LogP contribution in [0.3, 0.4) is 0 Å². The number of amides is 1. The molecule has 0 bridgehead atoms. The predicted molar refractivity (Wildman–Crippen MR) is 144 cm³/mol. The molecule has 6 nitrogen and oxygen atoms in total. The van der Waals surface area contributed by atoms with Gasteiger partial charge in [0.1, 0.15) is 6.10 Å². The van der Waals surface area contributed by atoms with Crippen LogP contribution < -0.4 is 5.32 Å². The van der Waals surface area contributed by atoms with Crippen molar-refractivity contribution in [2.75, 3.05) is 6.54 Å². The van der Waals surface area contributed by atoms with E-state index in [1.165, 1.54) is 11.6 Å². The molecule has 3 fully saturated rings. The van der Waals surface area contributed by atoms with Gasteiger partial charge in [-0.25, -0.2) is 9.59 Å². The number of unbranched alkanes of at least 4 members (excludes halogenated alkanes) is 1. The van der Waals surface area contributed by atoms with Crippen LogP contribution in [0.15, 0.2) is 36.6 Å². The Morgan fingerprint density at radius 2 is 1.97 bits per heavy atom. The smallest absolute Gasteiger partial charge is 0.407 e. The SMILES string of the molecule is C=COC(=O)/C=C\[C@H](C)[C@H]1CC[C@]2(O)C3CCC4=CC(OC(=O)NCCCC)CC[C@]4(C)C3CC[C@]12C. The van der Waals surface area contributed by atoms with Gasteiger partial charge in [-0.2, -0.15) is 0 Å². The summed E-state index contributed by atoms with van der Waals surface area (Å²) < 4.78 is 10.6. The first-order valence-corrected chi connectivity index (χ1v) is 14.5. The number of hydrogen-bond acceptors (Lipinski definition) is 5. The fraction of sp³-hybridized carbons (Fsp3) is 0.742. The zero-order valence-corrected chi connectivity index (χ0v) is 23.3. The Bertz CT molecular complexity index is 942. The number of aliphatic hydroxyl groups is 1. The molecule has 4 aliphatic rings. The molecule has 0 aromatic carbocycles. The Hall–Kier alpha value is -2.08. The Kier molecular flexibility index (Phi) is 8.27. The molecule has 6 heteroatoms. The molecule has 0 heterocycles. The third-order valence-electron chi connectivity index (χ3n) is 10.8. The first kappa shape index (κ1) is 27.9. The van der Waals surface area contributed by atoms with E-state index in [4.69, 9.17) is 9.47 Å². The number of nitrogens with one attached hydrogen (secondary N) is 1. The fourth-order valence-corrected chi connectivity index (χ4v) is 8.68. The average molecular weight is 514 g/mol. The zero-order valence-electron chi connectivity index (χ0n) is 23.3. The van der Waals surface area contributed by atoms with Crippen molar-refractivity contribution < 1.29 is 24.2 Å². The summed E-state index contributed by atoms with van der Waals surface area (Å²) in [5.74, 6) is 0.818. The third-order valence-corrected chi connectivity index (χ3v) is 10.8. The van der Waals surface area contributed by atoms with Crippen molar-refractivity contribution in [3.8, 4) is 0 Å². The summed E-state index contributed by atoms with van der Waals surface area (Å²) >= 11 is 0. The van der Waals surface area contributed by atoms with Crippen molar-refractivity contribution in [1.29, 1.82) is 0 Å². The van der Waals surface area contributed by atoms with Crippen molar-refractivity contribution in [2.24, 2.45) is 34.5 Å². The van der Waals surface area contributed by atoms with Crippen molar-refractivity contribution in [3.05, 3.63) is 36.6 Å². The van der Waals surface area contributed by atoms with Crippen LogP contribution in [0.1, 0.15) is 91.9 Å². The fourth-order valence-electron chi connectivity index (χ4n) is 8.68. The molecule has 3 saturated carbocycles. The Morgan fingerprint density at radius 3 is 2.70 bits per heavy atom. The van der Waals surface area contributed by atoms with Gasteiger partial charge in [-0.15, -0.1) is 0 Å². The Labute approximate surface area is 222 Å². The highest BCUT2D eigenvalue weighted by Crippen LogP contribution is 2.69. The minimum atomic E-state index is -0.689. The van der Waals surface area contributed by atoms with Crippen LogP contribution in [0.25, 0.3) is 0 Å². The maximum absolute atomic E-state index is 12.4. The van der Waals surface area contributed by atoms with E-state index in [9.17, 15) is 14.7 Å². The highest BCUT2D eigenvalue weighted by Gasteiger charge is 2.66. The molecule has 4 aliphatic carbocycles. The number of carbonyl (C=O) groups excluding carboxylic acids is 2. The second-order valence-electron chi connectivity index (χ2n) is 12.5. The predicted octanol–water partition coefficient (Wildman–Crippen LogP) is 6.45. The summed E-state index contributed by atoms with van der Waals surface area (Å²) in [6, 6.07) is 0. The van der Waals surface area contributed by atoms with E-state index in [1.807, 2.05) is 6.08 Å². The van der Waals surface area contributed by atoms with Crippen LogP contribution >= 0.6 is 0 Å². The summed E-state index contributed by atoms with van der Waals surface area (Å²) in [5, 5.41) is 15.3. The zero-order chi connectivity index (χ0) is 26.8. The van der Waals surface area contributed by atoms with E-state index in [0.29, 0.717) is 18.4 Å². The van der Waals surface area contributed by atoms with E-state index in [0.717, 1.165) is 70.5 Å². The lowest BCUT2D eigenvalue weighted by Crippen LogP contribution is -2.61. The van der Waals surface area contributed by atoms with Crippen molar-refractivity contribution in [3.63, 3.8) is 0 Å². The molecule has 37 heavy (non-hydrogen) atoms. The highest BCUT2D eigenvalue weighted by atomic mass is 16.6. The van der Waals surface area contributed by atoms with E-state index >= 15 is 0 Å².